The quantitative estimate of drug-likeness (QED) is 0.877. The molecule has 1 saturated carbocycles. The van der Waals surface area contributed by atoms with Crippen molar-refractivity contribution in [2.24, 2.45) is 11.8 Å². The molecule has 1 aliphatic heterocycles. The topological polar surface area (TPSA) is 49.8 Å². The number of nitrogens with zero attached hydrogens (tertiary/aromatic N) is 1. The Bertz CT molecular complexity index is 766. The van der Waals surface area contributed by atoms with Crippen LogP contribution in [0.15, 0.2) is 48.5 Å². The highest BCUT2D eigenvalue weighted by Gasteiger charge is 2.31. The first kappa shape index (κ1) is 17.0. The summed E-state index contributed by atoms with van der Waals surface area (Å²) < 4.78 is 5.90. The first-order valence-electron chi connectivity index (χ1n) is 9.48. The van der Waals surface area contributed by atoms with Gasteiger partial charge in [0, 0.05) is 18.7 Å². The number of ether oxygens (including phenoxy) is 1. The average Bonchev–Trinajstić information content (AvgIpc) is 2.97. The maximum absolute atomic E-state index is 12.5. The molecule has 1 amide bonds. The zero-order valence-corrected chi connectivity index (χ0v) is 14.9. The number of phenolic OH excluding ortho intramolecular Hbond substituents is 1. The summed E-state index contributed by atoms with van der Waals surface area (Å²) in [6.45, 7) is 2.27. The van der Waals surface area contributed by atoms with E-state index in [9.17, 15) is 9.90 Å². The van der Waals surface area contributed by atoms with E-state index in [1.807, 2.05) is 41.3 Å². The molecule has 2 aliphatic rings. The SMILES string of the molecule is O=C1c2cc(O)ccc2CN1CC1CCC(COc2ccccc2)CC1. The lowest BCUT2D eigenvalue weighted by molar-refractivity contribution is 0.0721. The van der Waals surface area contributed by atoms with Crippen LogP contribution in [-0.2, 0) is 6.54 Å². The van der Waals surface area contributed by atoms with Crippen LogP contribution in [0.1, 0.15) is 41.6 Å². The molecule has 0 aromatic heterocycles. The third-order valence-electron chi connectivity index (χ3n) is 5.65. The van der Waals surface area contributed by atoms with Gasteiger partial charge in [-0.3, -0.25) is 4.79 Å². The van der Waals surface area contributed by atoms with E-state index in [-0.39, 0.29) is 11.7 Å². The van der Waals surface area contributed by atoms with Crippen LogP contribution in [-0.4, -0.2) is 29.1 Å². The van der Waals surface area contributed by atoms with Crippen LogP contribution < -0.4 is 4.74 Å². The Morgan fingerprint density at radius 3 is 2.50 bits per heavy atom. The molecular weight excluding hydrogens is 326 g/mol. The summed E-state index contributed by atoms with van der Waals surface area (Å²) in [5, 5.41) is 9.60. The van der Waals surface area contributed by atoms with E-state index >= 15 is 0 Å². The van der Waals surface area contributed by atoms with Crippen molar-refractivity contribution in [3.63, 3.8) is 0 Å². The summed E-state index contributed by atoms with van der Waals surface area (Å²) in [5.41, 5.74) is 1.69. The fourth-order valence-corrected chi connectivity index (χ4v) is 4.12. The first-order chi connectivity index (χ1) is 12.7. The van der Waals surface area contributed by atoms with E-state index < -0.39 is 0 Å². The predicted molar refractivity (Wildman–Crippen MR) is 100 cm³/mol. The van der Waals surface area contributed by atoms with Crippen molar-refractivity contribution in [1.29, 1.82) is 0 Å². The van der Waals surface area contributed by atoms with Crippen LogP contribution in [0.4, 0.5) is 0 Å². The molecule has 0 spiro atoms. The van der Waals surface area contributed by atoms with Crippen molar-refractivity contribution in [1.82, 2.24) is 4.90 Å². The molecule has 4 nitrogen and oxygen atoms in total. The highest BCUT2D eigenvalue weighted by atomic mass is 16.5. The standard InChI is InChI=1S/C22H25NO3/c24-19-11-10-18-14-23(22(25)21(18)12-19)13-16-6-8-17(9-7-16)15-26-20-4-2-1-3-5-20/h1-5,10-12,16-17,24H,6-9,13-15H2. The maximum atomic E-state index is 12.5. The summed E-state index contributed by atoms with van der Waals surface area (Å²) in [7, 11) is 0. The molecular formula is C22H25NO3. The van der Waals surface area contributed by atoms with Crippen molar-refractivity contribution in [2.75, 3.05) is 13.2 Å². The minimum absolute atomic E-state index is 0.0606. The number of carbonyl (C=O) groups excluding carboxylic acids is 1. The van der Waals surface area contributed by atoms with Gasteiger partial charge < -0.3 is 14.7 Å². The lowest BCUT2D eigenvalue weighted by atomic mass is 9.82. The van der Waals surface area contributed by atoms with Gasteiger partial charge in [0.15, 0.2) is 0 Å². The molecule has 0 bridgehead atoms. The average molecular weight is 351 g/mol. The van der Waals surface area contributed by atoms with Gasteiger partial charge >= 0.3 is 0 Å². The number of para-hydroxylation sites is 1. The van der Waals surface area contributed by atoms with E-state index in [0.29, 0.717) is 23.9 Å². The van der Waals surface area contributed by atoms with Gasteiger partial charge in [-0.05, 0) is 67.3 Å². The minimum Gasteiger partial charge on any atom is -0.508 e. The van der Waals surface area contributed by atoms with Gasteiger partial charge in [-0.15, -0.1) is 0 Å². The molecule has 0 saturated heterocycles. The fraction of sp³-hybridized carbons (Fsp3) is 0.409. The van der Waals surface area contributed by atoms with Crippen LogP contribution in [0.2, 0.25) is 0 Å². The number of hydrogen-bond acceptors (Lipinski definition) is 3. The molecule has 4 heteroatoms. The van der Waals surface area contributed by atoms with Crippen LogP contribution in [0, 0.1) is 11.8 Å². The van der Waals surface area contributed by atoms with Gasteiger partial charge in [0.05, 0.1) is 6.61 Å². The zero-order valence-electron chi connectivity index (χ0n) is 14.9. The Labute approximate surface area is 154 Å². The number of fused-ring (bicyclic) bond motifs is 1. The highest BCUT2D eigenvalue weighted by molar-refractivity contribution is 5.98. The van der Waals surface area contributed by atoms with Gasteiger partial charge in [0.1, 0.15) is 11.5 Å². The third-order valence-corrected chi connectivity index (χ3v) is 5.65. The molecule has 4 rings (SSSR count). The Morgan fingerprint density at radius 1 is 1.00 bits per heavy atom. The molecule has 136 valence electrons. The molecule has 0 unspecified atom stereocenters. The Kier molecular flexibility index (Phi) is 4.83. The van der Waals surface area contributed by atoms with E-state index in [0.717, 1.165) is 50.1 Å². The molecule has 1 heterocycles. The molecule has 0 atom stereocenters. The van der Waals surface area contributed by atoms with E-state index in [4.69, 9.17) is 4.74 Å². The van der Waals surface area contributed by atoms with Crippen molar-refractivity contribution >= 4 is 5.91 Å². The normalized spacial score (nSPS) is 22.3. The van der Waals surface area contributed by atoms with Crippen molar-refractivity contribution in [3.8, 4) is 11.5 Å². The molecule has 2 aromatic rings. The lowest BCUT2D eigenvalue weighted by Crippen LogP contribution is -2.32. The first-order valence-corrected chi connectivity index (χ1v) is 9.48. The number of carbonyl (C=O) groups is 1. The van der Waals surface area contributed by atoms with Crippen molar-refractivity contribution in [3.05, 3.63) is 59.7 Å². The number of amides is 1. The summed E-state index contributed by atoms with van der Waals surface area (Å²) >= 11 is 0. The smallest absolute Gasteiger partial charge is 0.254 e. The van der Waals surface area contributed by atoms with Gasteiger partial charge in [-0.2, -0.15) is 0 Å². The van der Waals surface area contributed by atoms with Crippen LogP contribution >= 0.6 is 0 Å². The molecule has 1 aliphatic carbocycles. The lowest BCUT2D eigenvalue weighted by Gasteiger charge is -2.31. The minimum atomic E-state index is 0.0606. The highest BCUT2D eigenvalue weighted by Crippen LogP contribution is 2.33. The summed E-state index contributed by atoms with van der Waals surface area (Å²) in [5.74, 6) is 2.34. The van der Waals surface area contributed by atoms with Crippen LogP contribution in [0.5, 0.6) is 11.5 Å². The van der Waals surface area contributed by atoms with Gasteiger partial charge in [0.25, 0.3) is 5.91 Å². The predicted octanol–water partition coefficient (Wildman–Crippen LogP) is 4.23. The Morgan fingerprint density at radius 2 is 1.73 bits per heavy atom. The largest absolute Gasteiger partial charge is 0.508 e. The molecule has 26 heavy (non-hydrogen) atoms. The summed E-state index contributed by atoms with van der Waals surface area (Å²) in [4.78, 5) is 14.5. The van der Waals surface area contributed by atoms with E-state index in [1.165, 1.54) is 0 Å². The number of rotatable bonds is 5. The molecule has 0 radical (unpaired) electrons. The zero-order chi connectivity index (χ0) is 17.9. The third kappa shape index (κ3) is 3.69. The monoisotopic (exact) mass is 351 g/mol. The maximum Gasteiger partial charge on any atom is 0.254 e. The van der Waals surface area contributed by atoms with Crippen molar-refractivity contribution < 1.29 is 14.6 Å². The number of aromatic hydroxyl groups is 1. The van der Waals surface area contributed by atoms with Gasteiger partial charge in [-0.1, -0.05) is 24.3 Å². The summed E-state index contributed by atoms with van der Waals surface area (Å²) in [6, 6.07) is 15.1. The molecule has 1 N–H and O–H groups in total. The second-order valence-electron chi connectivity index (χ2n) is 7.54. The fourth-order valence-electron chi connectivity index (χ4n) is 4.12. The Balaban J connectivity index is 1.25. The second-order valence-corrected chi connectivity index (χ2v) is 7.54. The number of phenols is 1. The molecule has 1 fully saturated rings. The van der Waals surface area contributed by atoms with Gasteiger partial charge in [0.2, 0.25) is 0 Å². The second kappa shape index (κ2) is 7.40. The number of hydrogen-bond donors (Lipinski definition) is 1. The Hall–Kier alpha value is -2.49. The molecule has 2 aromatic carbocycles. The van der Waals surface area contributed by atoms with E-state index in [2.05, 4.69) is 0 Å². The van der Waals surface area contributed by atoms with Gasteiger partial charge in [-0.25, -0.2) is 0 Å². The van der Waals surface area contributed by atoms with Crippen LogP contribution in [0.25, 0.3) is 0 Å². The van der Waals surface area contributed by atoms with Crippen LogP contribution in [0.3, 0.4) is 0 Å². The van der Waals surface area contributed by atoms with E-state index in [1.54, 1.807) is 12.1 Å². The number of benzene rings is 2. The summed E-state index contributed by atoms with van der Waals surface area (Å²) in [6.07, 6.45) is 4.61. The van der Waals surface area contributed by atoms with Crippen molar-refractivity contribution in [2.45, 2.75) is 32.2 Å².